The Morgan fingerprint density at radius 2 is 1.50 bits per heavy atom. The van der Waals surface area contributed by atoms with Crippen LogP contribution in [0.5, 0.6) is 11.5 Å². The Labute approximate surface area is 117 Å². The molecule has 0 aliphatic carbocycles. The van der Waals surface area contributed by atoms with Gasteiger partial charge in [0.25, 0.3) is 0 Å². The molecular weight excluding hydrogens is 211 g/mol. The summed E-state index contributed by atoms with van der Waals surface area (Å²) in [5.41, 5.74) is 1.13. The van der Waals surface area contributed by atoms with E-state index in [2.05, 4.69) is 0 Å². The molecule has 0 unspecified atom stereocenters. The van der Waals surface area contributed by atoms with Gasteiger partial charge in [-0.15, -0.1) is 0 Å². The van der Waals surface area contributed by atoms with Gasteiger partial charge in [-0.2, -0.15) is 0 Å². The summed E-state index contributed by atoms with van der Waals surface area (Å²) in [5, 5.41) is 9.09. The molecule has 2 rings (SSSR count). The number of phenols is 1. The average Bonchev–Trinajstić information content (AvgIpc) is 2.30. The van der Waals surface area contributed by atoms with Gasteiger partial charge in [-0.05, 0) is 29.8 Å². The third-order valence-electron chi connectivity index (χ3n) is 2.09. The molecule has 2 aromatic carbocycles. The van der Waals surface area contributed by atoms with Gasteiger partial charge < -0.3 is 9.84 Å². The van der Waals surface area contributed by atoms with E-state index in [1.54, 1.807) is 24.3 Å². The molecule has 2 nitrogen and oxygen atoms in total. The van der Waals surface area contributed by atoms with E-state index in [1.165, 1.54) is 0 Å². The Kier molecular flexibility index (Phi) is 5.39. The zero-order valence-electron chi connectivity index (χ0n) is 8.26. The van der Waals surface area contributed by atoms with E-state index in [0.29, 0.717) is 6.61 Å². The van der Waals surface area contributed by atoms with Gasteiger partial charge in [0.2, 0.25) is 0 Å². The minimum atomic E-state index is 0. The number of hydrogen-bond donors (Lipinski definition) is 1. The maximum absolute atomic E-state index is 9.09. The van der Waals surface area contributed by atoms with Crippen molar-refractivity contribution in [2.75, 3.05) is 0 Å². The summed E-state index contributed by atoms with van der Waals surface area (Å²) >= 11 is 0. The van der Waals surface area contributed by atoms with Crippen LogP contribution in [-0.4, -0.2) is 34.7 Å². The first kappa shape index (κ1) is 13.1. The number of rotatable bonds is 3. The second kappa shape index (κ2) is 6.59. The third kappa shape index (κ3) is 3.89. The van der Waals surface area contributed by atoms with Gasteiger partial charge in [-0.1, -0.05) is 30.3 Å². The SMILES string of the molecule is Oc1ccc(OCc2ccccc2)cc1.[NaH]. The van der Waals surface area contributed by atoms with E-state index in [1.807, 2.05) is 30.3 Å². The van der Waals surface area contributed by atoms with Crippen LogP contribution in [0.2, 0.25) is 0 Å². The molecule has 0 spiro atoms. The van der Waals surface area contributed by atoms with Gasteiger partial charge in [0.05, 0.1) is 0 Å². The minimum absolute atomic E-state index is 0. The second-order valence-corrected chi connectivity index (χ2v) is 3.27. The molecule has 0 saturated carbocycles. The van der Waals surface area contributed by atoms with Crippen LogP contribution in [0.1, 0.15) is 5.56 Å². The maximum atomic E-state index is 9.09. The van der Waals surface area contributed by atoms with Crippen LogP contribution in [0.25, 0.3) is 0 Å². The van der Waals surface area contributed by atoms with Crippen molar-refractivity contribution in [1.82, 2.24) is 0 Å². The topological polar surface area (TPSA) is 29.5 Å². The Hall–Kier alpha value is -0.960. The molecule has 0 atom stereocenters. The summed E-state index contributed by atoms with van der Waals surface area (Å²) in [4.78, 5) is 0. The summed E-state index contributed by atoms with van der Waals surface area (Å²) < 4.78 is 5.54. The number of phenolic OH excluding ortho intramolecular Hbond substituents is 1. The number of aromatic hydroxyl groups is 1. The molecule has 3 heteroatoms. The van der Waals surface area contributed by atoms with Crippen molar-refractivity contribution in [3.05, 3.63) is 60.2 Å². The van der Waals surface area contributed by atoms with Crippen LogP contribution < -0.4 is 4.74 Å². The first-order valence-electron chi connectivity index (χ1n) is 4.80. The molecule has 0 radical (unpaired) electrons. The summed E-state index contributed by atoms with van der Waals surface area (Å²) in [5.74, 6) is 1.01. The summed E-state index contributed by atoms with van der Waals surface area (Å²) in [7, 11) is 0. The van der Waals surface area contributed by atoms with E-state index in [9.17, 15) is 0 Å². The molecule has 0 amide bonds. The molecule has 0 saturated heterocycles. The first-order valence-corrected chi connectivity index (χ1v) is 4.80. The normalized spacial score (nSPS) is 9.25. The van der Waals surface area contributed by atoms with Crippen LogP contribution >= 0.6 is 0 Å². The Morgan fingerprint density at radius 1 is 0.875 bits per heavy atom. The fraction of sp³-hybridized carbons (Fsp3) is 0.0769. The molecule has 1 N–H and O–H groups in total. The zero-order valence-corrected chi connectivity index (χ0v) is 8.26. The fourth-order valence-corrected chi connectivity index (χ4v) is 1.28. The Balaban J connectivity index is 0.00000128. The quantitative estimate of drug-likeness (QED) is 0.811. The molecule has 0 fully saturated rings. The standard InChI is InChI=1S/C13H12O2.Na.H/c14-12-6-8-13(9-7-12)15-10-11-4-2-1-3-5-11;;/h1-9,14H,10H2;;. The van der Waals surface area contributed by atoms with E-state index in [0.717, 1.165) is 11.3 Å². The average molecular weight is 224 g/mol. The molecule has 2 aromatic rings. The van der Waals surface area contributed by atoms with Crippen LogP contribution in [0.4, 0.5) is 0 Å². The fourth-order valence-electron chi connectivity index (χ4n) is 1.28. The van der Waals surface area contributed by atoms with Gasteiger partial charge in [-0.3, -0.25) is 0 Å². The van der Waals surface area contributed by atoms with Crippen LogP contribution in [0, 0.1) is 0 Å². The second-order valence-electron chi connectivity index (χ2n) is 3.27. The van der Waals surface area contributed by atoms with Crippen LogP contribution in [0.3, 0.4) is 0 Å². The van der Waals surface area contributed by atoms with Gasteiger partial charge in [0, 0.05) is 0 Å². The Morgan fingerprint density at radius 3 is 2.12 bits per heavy atom. The molecule has 0 aromatic heterocycles. The van der Waals surface area contributed by atoms with Crippen molar-refractivity contribution in [3.63, 3.8) is 0 Å². The van der Waals surface area contributed by atoms with Crippen molar-refractivity contribution in [1.29, 1.82) is 0 Å². The molecule has 0 aliphatic rings. The number of ether oxygens (including phenoxy) is 1. The summed E-state index contributed by atoms with van der Waals surface area (Å²) in [6.07, 6.45) is 0. The van der Waals surface area contributed by atoms with Crippen molar-refractivity contribution in [3.8, 4) is 11.5 Å². The molecule has 0 heterocycles. The van der Waals surface area contributed by atoms with Crippen molar-refractivity contribution < 1.29 is 9.84 Å². The van der Waals surface area contributed by atoms with Crippen LogP contribution in [-0.2, 0) is 6.61 Å². The number of benzene rings is 2. The Bertz CT molecular complexity index is 412. The van der Waals surface area contributed by atoms with Gasteiger partial charge in [-0.25, -0.2) is 0 Å². The van der Waals surface area contributed by atoms with Crippen LogP contribution in [0.15, 0.2) is 54.6 Å². The molecule has 0 bridgehead atoms. The van der Waals surface area contributed by atoms with E-state index in [-0.39, 0.29) is 35.3 Å². The number of hydrogen-bond acceptors (Lipinski definition) is 2. The molecule has 16 heavy (non-hydrogen) atoms. The molecular formula is C13H13NaO2. The van der Waals surface area contributed by atoms with E-state index >= 15 is 0 Å². The monoisotopic (exact) mass is 224 g/mol. The zero-order chi connectivity index (χ0) is 10.5. The van der Waals surface area contributed by atoms with Crippen molar-refractivity contribution in [2.45, 2.75) is 6.61 Å². The van der Waals surface area contributed by atoms with E-state index < -0.39 is 0 Å². The summed E-state index contributed by atoms with van der Waals surface area (Å²) in [6.45, 7) is 0.547. The predicted molar refractivity (Wildman–Crippen MR) is 66.0 cm³/mol. The van der Waals surface area contributed by atoms with Gasteiger partial charge in [0.15, 0.2) is 0 Å². The van der Waals surface area contributed by atoms with Crippen molar-refractivity contribution >= 4 is 29.6 Å². The summed E-state index contributed by atoms with van der Waals surface area (Å²) in [6, 6.07) is 16.7. The molecule has 78 valence electrons. The van der Waals surface area contributed by atoms with E-state index in [4.69, 9.17) is 9.84 Å². The van der Waals surface area contributed by atoms with Gasteiger partial charge in [0.1, 0.15) is 18.1 Å². The third-order valence-corrected chi connectivity index (χ3v) is 2.09. The predicted octanol–water partition coefficient (Wildman–Crippen LogP) is 2.32. The van der Waals surface area contributed by atoms with Crippen molar-refractivity contribution in [2.24, 2.45) is 0 Å². The molecule has 0 aliphatic heterocycles. The first-order chi connectivity index (χ1) is 7.34. The van der Waals surface area contributed by atoms with Gasteiger partial charge >= 0.3 is 29.6 Å².